The minimum absolute atomic E-state index is 0. The van der Waals surface area contributed by atoms with Crippen molar-refractivity contribution in [2.75, 3.05) is 13.8 Å². The van der Waals surface area contributed by atoms with Gasteiger partial charge in [0.25, 0.3) is 0 Å². The van der Waals surface area contributed by atoms with Gasteiger partial charge in [-0.3, -0.25) is 5.32 Å². The molecule has 0 bridgehead atoms. The van der Waals surface area contributed by atoms with Gasteiger partial charge in [-0.2, -0.15) is 0 Å². The fourth-order valence-corrected chi connectivity index (χ4v) is 1.51. The molecule has 0 spiro atoms. The van der Waals surface area contributed by atoms with Crippen molar-refractivity contribution in [3.05, 3.63) is 0 Å². The molecule has 68 valence electrons. The first-order valence-electron chi connectivity index (χ1n) is 4.16. The topological polar surface area (TPSA) is 21.3 Å². The van der Waals surface area contributed by atoms with Gasteiger partial charge in [0.1, 0.15) is 0 Å². The highest BCUT2D eigenvalue weighted by Gasteiger charge is 2.11. The maximum atomic E-state index is 4.93. The Hall–Kier alpha value is 0.210. The van der Waals surface area contributed by atoms with Crippen LogP contribution in [0.25, 0.3) is 0 Å². The van der Waals surface area contributed by atoms with Gasteiger partial charge in [0.2, 0.25) is 0 Å². The normalized spacial score (nSPS) is 19.4. The van der Waals surface area contributed by atoms with Crippen molar-refractivity contribution in [3.63, 3.8) is 0 Å². The van der Waals surface area contributed by atoms with Gasteiger partial charge in [0, 0.05) is 13.2 Å². The van der Waals surface area contributed by atoms with E-state index in [0.717, 1.165) is 6.04 Å². The summed E-state index contributed by atoms with van der Waals surface area (Å²) in [5.41, 5.74) is 0. The smallest absolute Gasteiger partial charge is 0.0963 e. The molecule has 3 heteroatoms. The lowest BCUT2D eigenvalue weighted by Gasteiger charge is -2.22. The molecule has 1 saturated carbocycles. The summed E-state index contributed by atoms with van der Waals surface area (Å²) in [5.74, 6) is 0. The number of halogens is 1. The SMILES string of the molecule is COCNC1CCCCC1.Cl. The average Bonchev–Trinajstić information content (AvgIpc) is 2.03. The maximum Gasteiger partial charge on any atom is 0.0963 e. The van der Waals surface area contributed by atoms with Gasteiger partial charge in [0.15, 0.2) is 0 Å². The quantitative estimate of drug-likeness (QED) is 0.669. The van der Waals surface area contributed by atoms with Crippen molar-refractivity contribution < 1.29 is 4.74 Å². The Labute approximate surface area is 75.1 Å². The van der Waals surface area contributed by atoms with E-state index in [1.807, 2.05) is 0 Å². The van der Waals surface area contributed by atoms with E-state index >= 15 is 0 Å². The largest absolute Gasteiger partial charge is 0.370 e. The second kappa shape index (κ2) is 6.89. The van der Waals surface area contributed by atoms with Gasteiger partial charge in [-0.25, -0.2) is 0 Å². The van der Waals surface area contributed by atoms with E-state index in [4.69, 9.17) is 4.74 Å². The minimum Gasteiger partial charge on any atom is -0.370 e. The molecule has 1 fully saturated rings. The number of hydrogen-bond acceptors (Lipinski definition) is 2. The Morgan fingerprint density at radius 1 is 1.27 bits per heavy atom. The molecular formula is C8H18ClNO. The summed E-state index contributed by atoms with van der Waals surface area (Å²) in [6, 6.07) is 0.730. The number of methoxy groups -OCH3 is 1. The Bertz CT molecular complexity index is 84.2. The van der Waals surface area contributed by atoms with E-state index in [9.17, 15) is 0 Å². The second-order valence-electron chi connectivity index (χ2n) is 2.97. The Morgan fingerprint density at radius 3 is 2.45 bits per heavy atom. The van der Waals surface area contributed by atoms with Crippen LogP contribution < -0.4 is 5.32 Å². The van der Waals surface area contributed by atoms with Crippen molar-refractivity contribution in [2.45, 2.75) is 38.1 Å². The number of hydrogen-bond donors (Lipinski definition) is 1. The molecule has 0 saturated heterocycles. The van der Waals surface area contributed by atoms with Crippen LogP contribution in [0.3, 0.4) is 0 Å². The van der Waals surface area contributed by atoms with Crippen LogP contribution >= 0.6 is 12.4 Å². The number of nitrogens with one attached hydrogen (secondary N) is 1. The lowest BCUT2D eigenvalue weighted by atomic mass is 9.96. The highest BCUT2D eigenvalue weighted by atomic mass is 35.5. The Balaban J connectivity index is 0.000001000. The lowest BCUT2D eigenvalue weighted by molar-refractivity contribution is 0.154. The van der Waals surface area contributed by atoms with Gasteiger partial charge in [-0.15, -0.1) is 12.4 Å². The van der Waals surface area contributed by atoms with Gasteiger partial charge >= 0.3 is 0 Å². The number of rotatable bonds is 3. The van der Waals surface area contributed by atoms with Crippen LogP contribution in [0.2, 0.25) is 0 Å². The standard InChI is InChI=1S/C8H17NO.ClH/c1-10-7-9-8-5-3-2-4-6-8;/h8-9H,2-7H2,1H3;1H. The monoisotopic (exact) mass is 179 g/mol. The van der Waals surface area contributed by atoms with E-state index in [1.165, 1.54) is 32.1 Å². The number of ether oxygens (including phenoxy) is 1. The maximum absolute atomic E-state index is 4.93. The predicted molar refractivity (Wildman–Crippen MR) is 49.1 cm³/mol. The summed E-state index contributed by atoms with van der Waals surface area (Å²) in [6.07, 6.45) is 6.88. The van der Waals surface area contributed by atoms with E-state index in [0.29, 0.717) is 6.73 Å². The minimum atomic E-state index is 0. The molecular weight excluding hydrogens is 162 g/mol. The molecule has 0 aliphatic heterocycles. The van der Waals surface area contributed by atoms with Crippen molar-refractivity contribution in [3.8, 4) is 0 Å². The molecule has 0 heterocycles. The lowest BCUT2D eigenvalue weighted by Crippen LogP contribution is -2.32. The summed E-state index contributed by atoms with van der Waals surface area (Å²) in [5, 5.41) is 3.35. The first kappa shape index (κ1) is 11.2. The van der Waals surface area contributed by atoms with Crippen molar-refractivity contribution >= 4 is 12.4 Å². The fourth-order valence-electron chi connectivity index (χ4n) is 1.51. The van der Waals surface area contributed by atoms with Crippen LogP contribution in [0.15, 0.2) is 0 Å². The predicted octanol–water partition coefficient (Wildman–Crippen LogP) is 1.93. The molecule has 0 unspecified atom stereocenters. The first-order chi connectivity index (χ1) is 4.93. The molecule has 0 aromatic carbocycles. The molecule has 1 rings (SSSR count). The molecule has 0 atom stereocenters. The molecule has 1 aliphatic rings. The highest BCUT2D eigenvalue weighted by molar-refractivity contribution is 5.85. The zero-order chi connectivity index (χ0) is 7.23. The van der Waals surface area contributed by atoms with Crippen LogP contribution in [0, 0.1) is 0 Å². The average molecular weight is 180 g/mol. The highest BCUT2D eigenvalue weighted by Crippen LogP contribution is 2.16. The van der Waals surface area contributed by atoms with Crippen LogP contribution in [-0.2, 0) is 4.74 Å². The van der Waals surface area contributed by atoms with E-state index in [-0.39, 0.29) is 12.4 Å². The van der Waals surface area contributed by atoms with Crippen LogP contribution in [-0.4, -0.2) is 19.9 Å². The molecule has 0 aromatic rings. The summed E-state index contributed by atoms with van der Waals surface area (Å²) < 4.78 is 4.93. The van der Waals surface area contributed by atoms with Gasteiger partial charge < -0.3 is 4.74 Å². The molecule has 1 aliphatic carbocycles. The summed E-state index contributed by atoms with van der Waals surface area (Å²) in [6.45, 7) is 0.713. The van der Waals surface area contributed by atoms with Crippen molar-refractivity contribution in [1.29, 1.82) is 0 Å². The van der Waals surface area contributed by atoms with Crippen LogP contribution in [0.5, 0.6) is 0 Å². The summed E-state index contributed by atoms with van der Waals surface area (Å²) >= 11 is 0. The second-order valence-corrected chi connectivity index (χ2v) is 2.97. The Morgan fingerprint density at radius 2 is 1.91 bits per heavy atom. The molecule has 0 aromatic heterocycles. The van der Waals surface area contributed by atoms with Gasteiger partial charge in [-0.05, 0) is 12.8 Å². The van der Waals surface area contributed by atoms with Gasteiger partial charge in [0.05, 0.1) is 6.73 Å². The zero-order valence-corrected chi connectivity index (χ0v) is 7.95. The third-order valence-corrected chi connectivity index (χ3v) is 2.12. The molecule has 1 N–H and O–H groups in total. The first-order valence-corrected chi connectivity index (χ1v) is 4.16. The fraction of sp³-hybridized carbons (Fsp3) is 1.00. The van der Waals surface area contributed by atoms with E-state index in [1.54, 1.807) is 7.11 Å². The third kappa shape index (κ3) is 4.62. The van der Waals surface area contributed by atoms with Crippen LogP contribution in [0.4, 0.5) is 0 Å². The zero-order valence-electron chi connectivity index (χ0n) is 7.14. The molecule has 0 amide bonds. The molecule has 2 nitrogen and oxygen atoms in total. The third-order valence-electron chi connectivity index (χ3n) is 2.12. The summed E-state index contributed by atoms with van der Waals surface area (Å²) in [7, 11) is 1.73. The van der Waals surface area contributed by atoms with E-state index < -0.39 is 0 Å². The summed E-state index contributed by atoms with van der Waals surface area (Å²) in [4.78, 5) is 0. The van der Waals surface area contributed by atoms with Gasteiger partial charge in [-0.1, -0.05) is 19.3 Å². The van der Waals surface area contributed by atoms with E-state index in [2.05, 4.69) is 5.32 Å². The van der Waals surface area contributed by atoms with Crippen LogP contribution in [0.1, 0.15) is 32.1 Å². The Kier molecular flexibility index (Phi) is 7.02. The molecule has 0 radical (unpaired) electrons. The van der Waals surface area contributed by atoms with Crippen molar-refractivity contribution in [2.24, 2.45) is 0 Å². The van der Waals surface area contributed by atoms with Crippen molar-refractivity contribution in [1.82, 2.24) is 5.32 Å². The molecule has 11 heavy (non-hydrogen) atoms.